The molecule has 5 heteroatoms. The fraction of sp³-hybridized carbons (Fsp3) is 0.650. The predicted octanol–water partition coefficient (Wildman–Crippen LogP) is 2.42. The SMILES string of the molecule is COc1ccc(C(C(=O)NCCN2CCOCC2)C2CCCC2)cc1. The summed E-state index contributed by atoms with van der Waals surface area (Å²) < 4.78 is 10.6. The van der Waals surface area contributed by atoms with Crippen LogP contribution in [0.3, 0.4) is 0 Å². The lowest BCUT2D eigenvalue weighted by Crippen LogP contribution is -2.42. The molecule has 1 aliphatic carbocycles. The maximum absolute atomic E-state index is 12.9. The number of rotatable bonds is 7. The molecule has 3 rings (SSSR count). The van der Waals surface area contributed by atoms with Crippen LogP contribution in [0.1, 0.15) is 37.2 Å². The minimum atomic E-state index is -0.0434. The van der Waals surface area contributed by atoms with Crippen LogP contribution in [-0.2, 0) is 9.53 Å². The van der Waals surface area contributed by atoms with Gasteiger partial charge in [0.15, 0.2) is 0 Å². The Morgan fingerprint density at radius 1 is 1.24 bits per heavy atom. The lowest BCUT2D eigenvalue weighted by atomic mass is 9.84. The Morgan fingerprint density at radius 2 is 1.92 bits per heavy atom. The molecule has 138 valence electrons. The van der Waals surface area contributed by atoms with Gasteiger partial charge in [-0.15, -0.1) is 0 Å². The fourth-order valence-corrected chi connectivity index (χ4v) is 4.01. The monoisotopic (exact) mass is 346 g/mol. The molecular weight excluding hydrogens is 316 g/mol. The van der Waals surface area contributed by atoms with Crippen LogP contribution in [0.4, 0.5) is 0 Å². The van der Waals surface area contributed by atoms with Crippen LogP contribution in [0, 0.1) is 5.92 Å². The molecule has 2 fully saturated rings. The largest absolute Gasteiger partial charge is 0.497 e. The van der Waals surface area contributed by atoms with Crippen molar-refractivity contribution < 1.29 is 14.3 Å². The number of nitrogens with one attached hydrogen (secondary N) is 1. The van der Waals surface area contributed by atoms with E-state index in [1.165, 1.54) is 12.8 Å². The third-order valence-electron chi connectivity index (χ3n) is 5.46. The standard InChI is InChI=1S/C20H30N2O3/c1-24-18-8-6-17(7-9-18)19(16-4-2-3-5-16)20(23)21-10-11-22-12-14-25-15-13-22/h6-9,16,19H,2-5,10-15H2,1H3,(H,21,23). The first kappa shape index (κ1) is 18.2. The van der Waals surface area contributed by atoms with Crippen molar-refractivity contribution in [3.05, 3.63) is 29.8 Å². The first-order valence-electron chi connectivity index (χ1n) is 9.49. The van der Waals surface area contributed by atoms with E-state index in [1.807, 2.05) is 24.3 Å². The second-order valence-corrected chi connectivity index (χ2v) is 7.04. The fourth-order valence-electron chi connectivity index (χ4n) is 4.01. The molecule has 1 saturated heterocycles. The molecule has 25 heavy (non-hydrogen) atoms. The molecule has 1 saturated carbocycles. The van der Waals surface area contributed by atoms with Gasteiger partial charge in [0.2, 0.25) is 5.91 Å². The highest BCUT2D eigenvalue weighted by molar-refractivity contribution is 5.84. The summed E-state index contributed by atoms with van der Waals surface area (Å²) in [6.07, 6.45) is 4.76. The minimum absolute atomic E-state index is 0.0434. The van der Waals surface area contributed by atoms with Gasteiger partial charge in [-0.3, -0.25) is 9.69 Å². The van der Waals surface area contributed by atoms with Crippen LogP contribution in [-0.4, -0.2) is 57.3 Å². The lowest BCUT2D eigenvalue weighted by molar-refractivity contribution is -0.123. The molecular formula is C20H30N2O3. The van der Waals surface area contributed by atoms with Crippen molar-refractivity contribution in [2.75, 3.05) is 46.5 Å². The molecule has 1 unspecified atom stereocenters. The molecule has 0 radical (unpaired) electrons. The first-order valence-corrected chi connectivity index (χ1v) is 9.49. The van der Waals surface area contributed by atoms with Crippen molar-refractivity contribution in [3.8, 4) is 5.75 Å². The van der Waals surface area contributed by atoms with Gasteiger partial charge in [-0.25, -0.2) is 0 Å². The number of hydrogen-bond acceptors (Lipinski definition) is 4. The van der Waals surface area contributed by atoms with Gasteiger partial charge < -0.3 is 14.8 Å². The molecule has 1 heterocycles. The van der Waals surface area contributed by atoms with Crippen molar-refractivity contribution in [2.45, 2.75) is 31.6 Å². The zero-order valence-corrected chi connectivity index (χ0v) is 15.2. The van der Waals surface area contributed by atoms with Gasteiger partial charge in [0, 0.05) is 26.2 Å². The van der Waals surface area contributed by atoms with Gasteiger partial charge in [0.25, 0.3) is 0 Å². The van der Waals surface area contributed by atoms with Gasteiger partial charge in [0.1, 0.15) is 5.75 Å². The molecule has 1 aromatic rings. The zero-order valence-electron chi connectivity index (χ0n) is 15.2. The smallest absolute Gasteiger partial charge is 0.227 e. The van der Waals surface area contributed by atoms with Crippen LogP contribution in [0.5, 0.6) is 5.75 Å². The topological polar surface area (TPSA) is 50.8 Å². The second kappa shape index (κ2) is 9.20. The average Bonchev–Trinajstić information content (AvgIpc) is 3.17. The van der Waals surface area contributed by atoms with E-state index in [0.717, 1.165) is 57.0 Å². The highest BCUT2D eigenvalue weighted by Crippen LogP contribution is 2.38. The van der Waals surface area contributed by atoms with E-state index >= 15 is 0 Å². The quantitative estimate of drug-likeness (QED) is 0.824. The number of benzene rings is 1. The van der Waals surface area contributed by atoms with Gasteiger partial charge in [-0.05, 0) is 36.5 Å². The Kier molecular flexibility index (Phi) is 6.70. The Labute approximate surface area is 150 Å². The maximum atomic E-state index is 12.9. The normalized spacial score (nSPS) is 20.4. The van der Waals surface area contributed by atoms with E-state index < -0.39 is 0 Å². The average molecular weight is 346 g/mol. The first-order chi connectivity index (χ1) is 12.3. The summed E-state index contributed by atoms with van der Waals surface area (Å²) in [4.78, 5) is 15.3. The number of morpholine rings is 1. The second-order valence-electron chi connectivity index (χ2n) is 7.04. The molecule has 1 amide bonds. The van der Waals surface area contributed by atoms with Gasteiger partial charge in [-0.2, -0.15) is 0 Å². The summed E-state index contributed by atoms with van der Waals surface area (Å²) in [7, 11) is 1.67. The predicted molar refractivity (Wildman–Crippen MR) is 98.0 cm³/mol. The van der Waals surface area contributed by atoms with Crippen LogP contribution < -0.4 is 10.1 Å². The summed E-state index contributed by atoms with van der Waals surface area (Å²) in [6.45, 7) is 5.11. The Balaban J connectivity index is 1.60. The van der Waals surface area contributed by atoms with Crippen LogP contribution >= 0.6 is 0 Å². The van der Waals surface area contributed by atoms with Crippen molar-refractivity contribution >= 4 is 5.91 Å². The molecule has 1 N–H and O–H groups in total. The lowest BCUT2D eigenvalue weighted by Gasteiger charge is -2.27. The summed E-state index contributed by atoms with van der Waals surface area (Å²) in [5, 5.41) is 3.18. The molecule has 1 atom stereocenters. The number of hydrogen-bond donors (Lipinski definition) is 1. The molecule has 0 aromatic heterocycles. The van der Waals surface area contributed by atoms with Crippen molar-refractivity contribution in [2.24, 2.45) is 5.92 Å². The van der Waals surface area contributed by atoms with E-state index in [4.69, 9.17) is 9.47 Å². The maximum Gasteiger partial charge on any atom is 0.227 e. The highest BCUT2D eigenvalue weighted by atomic mass is 16.5. The third kappa shape index (κ3) is 4.95. The number of carbonyl (C=O) groups excluding carboxylic acids is 1. The van der Waals surface area contributed by atoms with E-state index in [2.05, 4.69) is 10.2 Å². The van der Waals surface area contributed by atoms with Crippen LogP contribution in [0.25, 0.3) is 0 Å². The molecule has 1 aliphatic heterocycles. The number of methoxy groups -OCH3 is 1. The zero-order chi connectivity index (χ0) is 17.5. The number of amides is 1. The molecule has 2 aliphatic rings. The van der Waals surface area contributed by atoms with Crippen molar-refractivity contribution in [1.82, 2.24) is 10.2 Å². The number of nitrogens with zero attached hydrogens (tertiary/aromatic N) is 1. The summed E-state index contributed by atoms with van der Waals surface area (Å²) in [5.74, 6) is 1.42. The summed E-state index contributed by atoms with van der Waals surface area (Å²) in [6, 6.07) is 8.00. The Bertz CT molecular complexity index is 534. The van der Waals surface area contributed by atoms with Crippen LogP contribution in [0.15, 0.2) is 24.3 Å². The Hall–Kier alpha value is -1.59. The van der Waals surface area contributed by atoms with E-state index in [1.54, 1.807) is 7.11 Å². The Morgan fingerprint density at radius 3 is 2.56 bits per heavy atom. The highest BCUT2D eigenvalue weighted by Gasteiger charge is 2.31. The molecule has 0 spiro atoms. The number of ether oxygens (including phenoxy) is 2. The molecule has 0 bridgehead atoms. The molecule has 5 nitrogen and oxygen atoms in total. The summed E-state index contributed by atoms with van der Waals surface area (Å²) >= 11 is 0. The minimum Gasteiger partial charge on any atom is -0.497 e. The molecule has 1 aromatic carbocycles. The number of carbonyl (C=O) groups is 1. The van der Waals surface area contributed by atoms with Crippen LogP contribution in [0.2, 0.25) is 0 Å². The van der Waals surface area contributed by atoms with Gasteiger partial charge in [-0.1, -0.05) is 25.0 Å². The van der Waals surface area contributed by atoms with E-state index in [-0.39, 0.29) is 11.8 Å². The summed E-state index contributed by atoms with van der Waals surface area (Å²) in [5.41, 5.74) is 1.11. The van der Waals surface area contributed by atoms with E-state index in [9.17, 15) is 4.79 Å². The van der Waals surface area contributed by atoms with Gasteiger partial charge in [0.05, 0.1) is 26.2 Å². The third-order valence-corrected chi connectivity index (χ3v) is 5.46. The van der Waals surface area contributed by atoms with Crippen molar-refractivity contribution in [1.29, 1.82) is 0 Å². The van der Waals surface area contributed by atoms with E-state index in [0.29, 0.717) is 12.5 Å². The van der Waals surface area contributed by atoms with Crippen molar-refractivity contribution in [3.63, 3.8) is 0 Å². The van der Waals surface area contributed by atoms with Gasteiger partial charge >= 0.3 is 0 Å².